The van der Waals surface area contributed by atoms with Crippen LogP contribution in [0.2, 0.25) is 0 Å². The van der Waals surface area contributed by atoms with Crippen molar-refractivity contribution in [2.24, 2.45) is 0 Å². The van der Waals surface area contributed by atoms with Crippen LogP contribution in [0.3, 0.4) is 0 Å². The number of morpholine rings is 1. The number of hydrogen-bond acceptors (Lipinski definition) is 5. The minimum atomic E-state index is -4.43. The molecule has 0 spiro atoms. The fourth-order valence-corrected chi connectivity index (χ4v) is 3.08. The van der Waals surface area contributed by atoms with Crippen LogP contribution in [0, 0.1) is 0 Å². The van der Waals surface area contributed by atoms with Crippen molar-refractivity contribution in [1.82, 2.24) is 4.90 Å². The fraction of sp³-hybridized carbons (Fsp3) is 0.364. The van der Waals surface area contributed by atoms with Gasteiger partial charge >= 0.3 is 12.1 Å². The smallest absolute Gasteiger partial charge is 0.416 e. The molecule has 1 heterocycles. The molecule has 2 aromatic carbocycles. The van der Waals surface area contributed by atoms with Gasteiger partial charge in [0.2, 0.25) is 0 Å². The van der Waals surface area contributed by atoms with E-state index in [2.05, 4.69) is 10.2 Å². The Bertz CT molecular complexity index is 877. The van der Waals surface area contributed by atoms with E-state index in [1.807, 2.05) is 12.1 Å². The summed E-state index contributed by atoms with van der Waals surface area (Å²) >= 11 is 0. The maximum Gasteiger partial charge on any atom is 0.416 e. The number of amides is 1. The number of anilines is 1. The van der Waals surface area contributed by atoms with Crippen molar-refractivity contribution in [3.05, 3.63) is 65.2 Å². The molecule has 0 saturated carbocycles. The van der Waals surface area contributed by atoms with E-state index in [1.54, 1.807) is 12.1 Å². The number of halogens is 3. The minimum Gasteiger partial charge on any atom is -0.455 e. The number of rotatable bonds is 7. The molecule has 2 aromatic rings. The molecule has 9 heteroatoms. The molecule has 0 aliphatic carbocycles. The number of benzene rings is 2. The Hall–Kier alpha value is -2.91. The zero-order chi connectivity index (χ0) is 22.3. The number of alkyl halides is 3. The molecule has 1 amide bonds. The molecule has 1 aliphatic heterocycles. The molecule has 1 saturated heterocycles. The highest BCUT2D eigenvalue weighted by molar-refractivity contribution is 5.92. The van der Waals surface area contributed by atoms with E-state index in [1.165, 1.54) is 12.1 Å². The average molecular weight is 436 g/mol. The van der Waals surface area contributed by atoms with E-state index in [0.29, 0.717) is 11.3 Å². The van der Waals surface area contributed by atoms with Crippen LogP contribution in [0.4, 0.5) is 18.9 Å². The second kappa shape index (κ2) is 10.4. The number of esters is 1. The standard InChI is InChI=1S/C22H23F3N2O4/c23-22(24,25)18-5-1-16(2-6-18)13-21(29)31-15-20(28)26-19-7-3-17(4-8-19)14-27-9-11-30-12-10-27/h1-8H,9-15H2,(H,26,28). The van der Waals surface area contributed by atoms with E-state index in [-0.39, 0.29) is 6.42 Å². The summed E-state index contributed by atoms with van der Waals surface area (Å²) in [5.41, 5.74) is 1.27. The Morgan fingerprint density at radius 2 is 1.58 bits per heavy atom. The highest BCUT2D eigenvalue weighted by atomic mass is 19.4. The zero-order valence-electron chi connectivity index (χ0n) is 16.8. The number of nitrogens with one attached hydrogen (secondary N) is 1. The third-order valence-electron chi connectivity index (χ3n) is 4.74. The van der Waals surface area contributed by atoms with Crippen LogP contribution >= 0.6 is 0 Å². The lowest BCUT2D eigenvalue weighted by molar-refractivity contribution is -0.146. The van der Waals surface area contributed by atoms with Crippen molar-refractivity contribution in [2.75, 3.05) is 38.2 Å². The predicted molar refractivity (Wildman–Crippen MR) is 107 cm³/mol. The normalized spacial score (nSPS) is 14.8. The Balaban J connectivity index is 1.40. The largest absolute Gasteiger partial charge is 0.455 e. The summed E-state index contributed by atoms with van der Waals surface area (Å²) < 4.78 is 47.9. The van der Waals surface area contributed by atoms with Crippen molar-refractivity contribution in [1.29, 1.82) is 0 Å². The molecule has 0 bridgehead atoms. The van der Waals surface area contributed by atoms with Gasteiger partial charge in [-0.25, -0.2) is 0 Å². The van der Waals surface area contributed by atoms with E-state index >= 15 is 0 Å². The van der Waals surface area contributed by atoms with Crippen LogP contribution in [0.5, 0.6) is 0 Å². The lowest BCUT2D eigenvalue weighted by Crippen LogP contribution is -2.35. The van der Waals surface area contributed by atoms with E-state index < -0.39 is 30.2 Å². The molecule has 6 nitrogen and oxygen atoms in total. The van der Waals surface area contributed by atoms with Crippen molar-refractivity contribution in [3.63, 3.8) is 0 Å². The van der Waals surface area contributed by atoms with Gasteiger partial charge in [0.25, 0.3) is 5.91 Å². The summed E-state index contributed by atoms with van der Waals surface area (Å²) in [4.78, 5) is 26.1. The maximum absolute atomic E-state index is 12.6. The molecule has 0 radical (unpaired) electrons. The van der Waals surface area contributed by atoms with Gasteiger partial charge in [-0.15, -0.1) is 0 Å². The van der Waals surface area contributed by atoms with Crippen LogP contribution in [0.1, 0.15) is 16.7 Å². The van der Waals surface area contributed by atoms with Gasteiger partial charge in [-0.2, -0.15) is 13.2 Å². The molecular formula is C22H23F3N2O4. The summed E-state index contributed by atoms with van der Waals surface area (Å²) in [5.74, 6) is -1.20. The van der Waals surface area contributed by atoms with Gasteiger partial charge in [0.1, 0.15) is 0 Å². The van der Waals surface area contributed by atoms with Crippen LogP contribution in [-0.4, -0.2) is 49.7 Å². The molecule has 166 valence electrons. The molecule has 1 aliphatic rings. The third-order valence-corrected chi connectivity index (χ3v) is 4.74. The number of carbonyl (C=O) groups excluding carboxylic acids is 2. The predicted octanol–water partition coefficient (Wildman–Crippen LogP) is 3.26. The van der Waals surface area contributed by atoms with Crippen LogP contribution in [0.15, 0.2) is 48.5 Å². The van der Waals surface area contributed by atoms with Gasteiger partial charge in [0.15, 0.2) is 6.61 Å². The molecule has 0 aromatic heterocycles. The minimum absolute atomic E-state index is 0.221. The van der Waals surface area contributed by atoms with Crippen molar-refractivity contribution >= 4 is 17.6 Å². The quantitative estimate of drug-likeness (QED) is 0.675. The van der Waals surface area contributed by atoms with Crippen LogP contribution < -0.4 is 5.32 Å². The van der Waals surface area contributed by atoms with Gasteiger partial charge in [-0.1, -0.05) is 24.3 Å². The van der Waals surface area contributed by atoms with Gasteiger partial charge in [-0.3, -0.25) is 14.5 Å². The Labute approximate surface area is 177 Å². The molecule has 31 heavy (non-hydrogen) atoms. The first-order valence-electron chi connectivity index (χ1n) is 9.80. The molecule has 1 N–H and O–H groups in total. The highest BCUT2D eigenvalue weighted by Crippen LogP contribution is 2.29. The van der Waals surface area contributed by atoms with Gasteiger partial charge in [-0.05, 0) is 35.4 Å². The van der Waals surface area contributed by atoms with E-state index in [9.17, 15) is 22.8 Å². The maximum atomic E-state index is 12.6. The van der Waals surface area contributed by atoms with Gasteiger partial charge in [0.05, 0.1) is 25.2 Å². The van der Waals surface area contributed by atoms with E-state index in [4.69, 9.17) is 9.47 Å². The van der Waals surface area contributed by atoms with Gasteiger partial charge in [0, 0.05) is 25.3 Å². The van der Waals surface area contributed by atoms with E-state index in [0.717, 1.165) is 50.5 Å². The summed E-state index contributed by atoms with van der Waals surface area (Å²) in [6, 6.07) is 11.6. The van der Waals surface area contributed by atoms with Crippen molar-refractivity contribution in [2.45, 2.75) is 19.1 Å². The van der Waals surface area contributed by atoms with Crippen LogP contribution in [0.25, 0.3) is 0 Å². The SMILES string of the molecule is O=C(COC(=O)Cc1ccc(C(F)(F)F)cc1)Nc1ccc(CN2CCOCC2)cc1. The molecule has 1 fully saturated rings. The number of carbonyl (C=O) groups is 2. The third kappa shape index (κ3) is 7.37. The molecule has 0 unspecified atom stereocenters. The zero-order valence-corrected chi connectivity index (χ0v) is 16.8. The second-order valence-corrected chi connectivity index (χ2v) is 7.17. The lowest BCUT2D eigenvalue weighted by atomic mass is 10.1. The first-order valence-corrected chi connectivity index (χ1v) is 9.80. The topological polar surface area (TPSA) is 67.9 Å². The number of ether oxygens (including phenoxy) is 2. The average Bonchev–Trinajstić information content (AvgIpc) is 2.74. The first-order chi connectivity index (χ1) is 14.8. The number of nitrogens with zero attached hydrogens (tertiary/aromatic N) is 1. The first kappa shape index (κ1) is 22.8. The molecule has 0 atom stereocenters. The highest BCUT2D eigenvalue weighted by Gasteiger charge is 2.30. The molecule has 3 rings (SSSR count). The summed E-state index contributed by atoms with van der Waals surface area (Å²) in [7, 11) is 0. The molecular weight excluding hydrogens is 413 g/mol. The Morgan fingerprint density at radius 3 is 2.19 bits per heavy atom. The van der Waals surface area contributed by atoms with Crippen molar-refractivity contribution < 1.29 is 32.2 Å². The fourth-order valence-electron chi connectivity index (χ4n) is 3.08. The Kier molecular flexibility index (Phi) is 7.64. The van der Waals surface area contributed by atoms with Crippen LogP contribution in [-0.2, 0) is 38.2 Å². The monoisotopic (exact) mass is 436 g/mol. The summed E-state index contributed by atoms with van der Waals surface area (Å²) in [6.07, 6.45) is -4.65. The summed E-state index contributed by atoms with van der Waals surface area (Å²) in [6.45, 7) is 3.55. The summed E-state index contributed by atoms with van der Waals surface area (Å²) in [5, 5.41) is 2.64. The number of hydrogen-bond donors (Lipinski definition) is 1. The van der Waals surface area contributed by atoms with Crippen molar-refractivity contribution in [3.8, 4) is 0 Å². The Morgan fingerprint density at radius 1 is 0.968 bits per heavy atom. The van der Waals surface area contributed by atoms with Gasteiger partial charge < -0.3 is 14.8 Å². The lowest BCUT2D eigenvalue weighted by Gasteiger charge is -2.26. The second-order valence-electron chi connectivity index (χ2n) is 7.17.